The van der Waals surface area contributed by atoms with Crippen molar-refractivity contribution < 1.29 is 85.3 Å². The molecule has 1 saturated heterocycles. The van der Waals surface area contributed by atoms with Gasteiger partial charge in [0.1, 0.15) is 42.0 Å². The summed E-state index contributed by atoms with van der Waals surface area (Å²) in [6.07, 6.45) is -3.66. The smallest absolute Gasteiger partial charge is 0.274 e. The highest BCUT2D eigenvalue weighted by Crippen LogP contribution is 2.58. The fraction of sp³-hybridized carbons (Fsp3) is 0.735. The molecule has 2 aromatic rings. The number of hydrogen-bond acceptors (Lipinski definition) is 23. The number of nitrogens with one attached hydrogen (secondary N) is 2. The Balaban J connectivity index is 1.03. The molecule has 0 radical (unpaired) electrons. The van der Waals surface area contributed by atoms with Gasteiger partial charge in [0, 0.05) is 48.9 Å². The van der Waals surface area contributed by atoms with Gasteiger partial charge in [-0.3, -0.25) is 32.9 Å². The van der Waals surface area contributed by atoms with Crippen LogP contribution in [-0.2, 0) is 55.5 Å². The number of fused-ring (bicyclic) bond motifs is 2. The molecule has 2 aliphatic carbocycles. The number of thioether (sulfide) groups is 1. The highest BCUT2D eigenvalue weighted by atomic mass is 32.2. The van der Waals surface area contributed by atoms with Crippen LogP contribution < -0.4 is 35.9 Å². The third-order valence-electron chi connectivity index (χ3n) is 11.6. The van der Waals surface area contributed by atoms with Crippen molar-refractivity contribution in [2.24, 2.45) is 28.6 Å². The fourth-order valence-electron chi connectivity index (χ4n) is 8.35. The molecule has 3 heterocycles. The van der Waals surface area contributed by atoms with Crippen LogP contribution in [0.15, 0.2) is 12.7 Å². The summed E-state index contributed by atoms with van der Waals surface area (Å²) in [4.78, 5) is 110. The Morgan fingerprint density at radius 3 is 2.49 bits per heavy atom. The molecule has 5 rings (SSSR count). The zero-order valence-electron chi connectivity index (χ0n) is 34.6. The normalized spacial score (nSPS) is 28.2. The minimum absolute atomic E-state index is 0.00484. The molecule has 3 aliphatic rings. The summed E-state index contributed by atoms with van der Waals surface area (Å²) >= 11 is 1.11. The number of nitrogens with zero attached hydrogens (tertiary/aromatic N) is 4. The molecule has 2 unspecified atom stereocenters. The van der Waals surface area contributed by atoms with Gasteiger partial charge in [-0.2, -0.15) is 0 Å². The molecule has 2 saturated carbocycles. The largest absolute Gasteiger partial charge is 0.790 e. The number of phosphoric ester groups is 3. The number of nitrogens with two attached hydrogens (primary N) is 1. The molecule has 0 bridgehead atoms. The number of aliphatic hydroxyl groups excluding tert-OH is 2. The first kappa shape index (κ1) is 51.2. The second-order valence-electron chi connectivity index (χ2n) is 16.5. The number of aromatic nitrogens is 4. The molecule has 11 atom stereocenters. The van der Waals surface area contributed by atoms with Crippen molar-refractivity contribution in [1.82, 2.24) is 30.2 Å². The standard InChI is InChI=1S/C34H54N7O18P3S/c1-18(19-7-8-20-21(42)6-5-10-34(19,20)4)32(47)63-13-12-36-23(43)9-11-37-30(46)27(45)33(2,3)15-56-62(53,54)59-61(51,52)55-14-22-26(58-60(48,49)50)25(44)31(57-22)41-17-40-24-28(35)38-16-39-29(24)41/h16-20,22,25-27,31,44-45H,5-15H2,1-4H3,(H,36,43)(H,37,46)(H,51,52)(H,53,54)(H2,35,38,39)(H2,48,49,50)/p-4/t18-,19+,20-,22+,25+,26+,27-,31+,34+/m0/s1. The van der Waals surface area contributed by atoms with Gasteiger partial charge in [0.15, 0.2) is 22.8 Å². The first-order valence-corrected chi connectivity index (χ1v) is 25.1. The Morgan fingerprint density at radius 1 is 1.10 bits per heavy atom. The molecule has 29 heteroatoms. The number of nitrogen functional groups attached to an aromatic ring is 1. The number of aliphatic hydroxyl groups is 2. The van der Waals surface area contributed by atoms with E-state index >= 15 is 0 Å². The second-order valence-corrected chi connectivity index (χ2v) is 21.7. The van der Waals surface area contributed by atoms with E-state index in [-0.39, 0.29) is 70.6 Å². The van der Waals surface area contributed by atoms with Gasteiger partial charge in [0.05, 0.1) is 27.4 Å². The molecule has 3 fully saturated rings. The maximum Gasteiger partial charge on any atom is 0.274 e. The molecule has 1 aliphatic heterocycles. The number of rotatable bonds is 21. The number of carbonyl (C=O) groups is 4. The Hall–Kier alpha value is -2.77. The lowest BCUT2D eigenvalue weighted by Crippen LogP contribution is -2.46. The minimum atomic E-state index is -5.93. The van der Waals surface area contributed by atoms with E-state index in [2.05, 4.69) is 50.4 Å². The lowest BCUT2D eigenvalue weighted by atomic mass is 9.62. The van der Waals surface area contributed by atoms with E-state index in [9.17, 15) is 62.7 Å². The van der Waals surface area contributed by atoms with Gasteiger partial charge < -0.3 is 69.0 Å². The summed E-state index contributed by atoms with van der Waals surface area (Å²) in [5.41, 5.74) is 3.88. The van der Waals surface area contributed by atoms with Gasteiger partial charge in [0.2, 0.25) is 11.8 Å². The number of amides is 2. The van der Waals surface area contributed by atoms with Crippen LogP contribution in [0.3, 0.4) is 0 Å². The van der Waals surface area contributed by atoms with Crippen molar-refractivity contribution in [3.8, 4) is 0 Å². The molecule has 354 valence electrons. The van der Waals surface area contributed by atoms with Crippen LogP contribution >= 0.6 is 35.2 Å². The summed E-state index contributed by atoms with van der Waals surface area (Å²) < 4.78 is 60.8. The van der Waals surface area contributed by atoms with E-state index in [4.69, 9.17) is 10.5 Å². The zero-order chi connectivity index (χ0) is 46.7. The maximum atomic E-state index is 13.0. The van der Waals surface area contributed by atoms with E-state index in [1.165, 1.54) is 13.8 Å². The average molecular weight is 970 g/mol. The molecule has 25 nitrogen and oxygen atoms in total. The first-order chi connectivity index (χ1) is 29.3. The van der Waals surface area contributed by atoms with E-state index in [1.54, 1.807) is 0 Å². The summed E-state index contributed by atoms with van der Waals surface area (Å²) in [6.45, 7) is 4.06. The number of carbonyl (C=O) groups excluding carboxylic acids is 4. The summed E-state index contributed by atoms with van der Waals surface area (Å²) in [6, 6.07) is 0. The SMILES string of the molecule is C[C@H](C(=O)SCCNC(=O)CCNC(=O)[C@H](O)C(C)(C)COP(=O)([O-])OP(=O)([O-])OC[C@H]1O[C@@H](n2cnc3c(N)ncnc32)[C@H](O)[C@@H]1OP(=O)([O-])[O-])[C@H]1CC[C@H]2C(=O)CCC[C@]12C. The lowest BCUT2D eigenvalue weighted by molar-refractivity contribution is -0.347. The fourth-order valence-corrected chi connectivity index (χ4v) is 11.9. The van der Waals surface area contributed by atoms with Crippen molar-refractivity contribution in [3.63, 3.8) is 0 Å². The third kappa shape index (κ3) is 12.8. The number of hydrogen-bond donors (Lipinski definition) is 5. The molecule has 63 heavy (non-hydrogen) atoms. The number of Topliss-reactive ketones (excluding diaryl/α,β-unsaturated/α-hetero) is 1. The van der Waals surface area contributed by atoms with Crippen molar-refractivity contribution in [2.45, 2.75) is 96.9 Å². The Morgan fingerprint density at radius 2 is 1.79 bits per heavy atom. The van der Waals surface area contributed by atoms with Crippen LogP contribution in [0.1, 0.15) is 72.4 Å². The van der Waals surface area contributed by atoms with E-state index in [0.717, 1.165) is 54.7 Å². The Kier molecular flexibility index (Phi) is 16.6. The van der Waals surface area contributed by atoms with Crippen LogP contribution in [0.2, 0.25) is 0 Å². The van der Waals surface area contributed by atoms with Crippen LogP contribution in [0.25, 0.3) is 11.2 Å². The molecular weight excluding hydrogens is 919 g/mol. The molecule has 6 N–H and O–H groups in total. The van der Waals surface area contributed by atoms with Gasteiger partial charge in [-0.15, -0.1) is 0 Å². The predicted molar refractivity (Wildman–Crippen MR) is 211 cm³/mol. The van der Waals surface area contributed by atoms with E-state index < -0.39 is 84.6 Å². The van der Waals surface area contributed by atoms with E-state index in [1.807, 2.05) is 6.92 Å². The monoisotopic (exact) mass is 969 g/mol. The van der Waals surface area contributed by atoms with Gasteiger partial charge >= 0.3 is 0 Å². The van der Waals surface area contributed by atoms with E-state index in [0.29, 0.717) is 12.2 Å². The predicted octanol–water partition coefficient (Wildman–Crippen LogP) is -1.44. The van der Waals surface area contributed by atoms with Crippen LogP contribution in [-0.4, -0.2) is 109 Å². The van der Waals surface area contributed by atoms with Crippen LogP contribution in [0.5, 0.6) is 0 Å². The topological polar surface area (TPSA) is 392 Å². The zero-order valence-corrected chi connectivity index (χ0v) is 38.1. The summed E-state index contributed by atoms with van der Waals surface area (Å²) in [5, 5.41) is 26.4. The molecular formula is C34H50N7O18P3S-4. The highest BCUT2D eigenvalue weighted by molar-refractivity contribution is 8.13. The Labute approximate surface area is 365 Å². The lowest BCUT2D eigenvalue weighted by Gasteiger charge is -2.41. The average Bonchev–Trinajstić information content (AvgIpc) is 3.87. The van der Waals surface area contributed by atoms with Gasteiger partial charge in [0.25, 0.3) is 15.6 Å². The minimum Gasteiger partial charge on any atom is -0.790 e. The first-order valence-electron chi connectivity index (χ1n) is 19.8. The van der Waals surface area contributed by atoms with Crippen molar-refractivity contribution in [3.05, 3.63) is 12.7 Å². The van der Waals surface area contributed by atoms with Gasteiger partial charge in [-0.05, 0) is 37.0 Å². The molecule has 2 amide bonds. The molecule has 0 aromatic carbocycles. The van der Waals surface area contributed by atoms with Gasteiger partial charge in [-0.25, -0.2) is 19.3 Å². The number of imidazole rings is 1. The number of anilines is 1. The molecule has 0 spiro atoms. The summed E-state index contributed by atoms with van der Waals surface area (Å²) in [5.74, 6) is -1.09. The quantitative estimate of drug-likeness (QED) is 0.0706. The number of ether oxygens (including phenoxy) is 1. The maximum absolute atomic E-state index is 13.0. The van der Waals surface area contributed by atoms with Crippen molar-refractivity contribution in [2.75, 3.05) is 37.8 Å². The van der Waals surface area contributed by atoms with Crippen molar-refractivity contribution >= 4 is 74.9 Å². The third-order valence-corrected chi connectivity index (χ3v) is 15.7. The van der Waals surface area contributed by atoms with Gasteiger partial charge in [-0.1, -0.05) is 39.5 Å². The Bertz CT molecular complexity index is 2160. The van der Waals surface area contributed by atoms with Crippen LogP contribution in [0, 0.1) is 28.6 Å². The summed E-state index contributed by atoms with van der Waals surface area (Å²) in [7, 11) is -17.6. The highest BCUT2D eigenvalue weighted by Gasteiger charge is 2.53. The van der Waals surface area contributed by atoms with Crippen molar-refractivity contribution in [1.29, 1.82) is 0 Å². The second kappa shape index (κ2) is 20.4. The number of ketones is 1. The molecule has 2 aromatic heterocycles. The van der Waals surface area contributed by atoms with Crippen LogP contribution in [0.4, 0.5) is 5.82 Å². The number of phosphoric acid groups is 3.